The van der Waals surface area contributed by atoms with Crippen LogP contribution in [-0.4, -0.2) is 56.7 Å². The molecule has 14 heteroatoms. The SMILES string of the molecule is O=C1[C@H](Cc2nn[nH]n2)O[C@H](c2cccc(Cl)c2)[C@@H](c2ccc(Cl)cc2)N1[C@@H](CC1(S(=O)(=O)Nc2ccccc2F)CC1)C1CC1. The molecule has 1 saturated heterocycles. The van der Waals surface area contributed by atoms with E-state index in [1.165, 1.54) is 18.2 Å². The summed E-state index contributed by atoms with van der Waals surface area (Å²) in [6, 6.07) is 19.2. The van der Waals surface area contributed by atoms with Crippen molar-refractivity contribution in [3.8, 4) is 0 Å². The van der Waals surface area contributed by atoms with E-state index in [0.717, 1.165) is 24.0 Å². The van der Waals surface area contributed by atoms with Crippen LogP contribution in [0.15, 0.2) is 72.8 Å². The second-order valence-electron chi connectivity index (χ2n) is 12.3. The van der Waals surface area contributed by atoms with Crippen LogP contribution in [-0.2, 0) is 26.0 Å². The number of carbonyl (C=O) groups is 1. The molecule has 7 rings (SSSR count). The minimum absolute atomic E-state index is 0.0614. The van der Waals surface area contributed by atoms with Crippen LogP contribution in [0.5, 0.6) is 0 Å². The van der Waals surface area contributed by atoms with Crippen LogP contribution in [0.1, 0.15) is 61.2 Å². The molecule has 4 aromatic rings. The van der Waals surface area contributed by atoms with Crippen molar-refractivity contribution in [1.82, 2.24) is 25.5 Å². The van der Waals surface area contributed by atoms with E-state index in [-0.39, 0.29) is 30.4 Å². The fourth-order valence-electron chi connectivity index (χ4n) is 6.51. The van der Waals surface area contributed by atoms with Crippen molar-refractivity contribution in [2.45, 2.75) is 67.6 Å². The standard InChI is InChI=1S/C32H31Cl2FN6O4S/c33-22-12-10-20(11-13-22)29-30(21-4-3-5-23(34)16-21)45-27(17-28-36-39-40-37-28)31(42)41(29)26(19-8-9-19)18-32(14-15-32)46(43,44)38-25-7-2-1-6-24(25)35/h1-7,10-13,16,19,26-27,29-30,38H,8-9,14-15,17-18H2,(H,36,37,39,40)/t26-,27-,29+,30+/m0/s1. The number of hydrogen-bond acceptors (Lipinski definition) is 7. The number of rotatable bonds is 11. The Morgan fingerprint density at radius 2 is 1.78 bits per heavy atom. The van der Waals surface area contributed by atoms with Gasteiger partial charge in [-0.25, -0.2) is 12.8 Å². The molecule has 46 heavy (non-hydrogen) atoms. The van der Waals surface area contributed by atoms with Crippen LogP contribution in [0, 0.1) is 11.7 Å². The first kappa shape index (κ1) is 31.0. The molecule has 0 unspecified atom stereocenters. The fraction of sp³-hybridized carbons (Fsp3) is 0.375. The minimum atomic E-state index is -4.02. The Morgan fingerprint density at radius 3 is 2.43 bits per heavy atom. The van der Waals surface area contributed by atoms with E-state index in [9.17, 15) is 17.6 Å². The minimum Gasteiger partial charge on any atom is -0.357 e. The maximum atomic E-state index is 14.7. The highest BCUT2D eigenvalue weighted by atomic mass is 35.5. The van der Waals surface area contributed by atoms with E-state index in [1.54, 1.807) is 24.3 Å². The van der Waals surface area contributed by atoms with Crippen molar-refractivity contribution < 1.29 is 22.3 Å². The molecule has 4 atom stereocenters. The van der Waals surface area contributed by atoms with Gasteiger partial charge in [-0.05, 0) is 85.5 Å². The quantitative estimate of drug-likeness (QED) is 0.197. The number of hydrogen-bond donors (Lipinski definition) is 2. The number of ether oxygens (including phenoxy) is 1. The van der Waals surface area contributed by atoms with Gasteiger partial charge in [0.05, 0.1) is 16.5 Å². The smallest absolute Gasteiger partial charge is 0.253 e. The van der Waals surface area contributed by atoms with E-state index < -0.39 is 44.9 Å². The zero-order chi connectivity index (χ0) is 32.1. The summed E-state index contributed by atoms with van der Waals surface area (Å²) in [5.74, 6) is -0.564. The number of carbonyl (C=O) groups excluding carboxylic acids is 1. The second kappa shape index (κ2) is 12.2. The van der Waals surface area contributed by atoms with Crippen molar-refractivity contribution in [3.63, 3.8) is 0 Å². The Labute approximate surface area is 275 Å². The van der Waals surface area contributed by atoms with Crippen LogP contribution in [0.3, 0.4) is 0 Å². The lowest BCUT2D eigenvalue weighted by molar-refractivity contribution is -0.180. The molecule has 0 radical (unpaired) electrons. The van der Waals surface area contributed by atoms with Gasteiger partial charge in [-0.3, -0.25) is 9.52 Å². The van der Waals surface area contributed by atoms with Gasteiger partial charge in [0.2, 0.25) is 10.0 Å². The van der Waals surface area contributed by atoms with E-state index in [0.29, 0.717) is 28.7 Å². The topological polar surface area (TPSA) is 130 Å². The number of aromatic amines is 1. The van der Waals surface area contributed by atoms with Crippen molar-refractivity contribution in [2.24, 2.45) is 5.92 Å². The van der Waals surface area contributed by atoms with Gasteiger partial charge in [-0.15, -0.1) is 10.2 Å². The largest absolute Gasteiger partial charge is 0.357 e. The number of para-hydroxylation sites is 1. The normalized spacial score (nSPS) is 23.2. The molecule has 2 aliphatic carbocycles. The number of tetrazole rings is 1. The molecule has 0 spiro atoms. The van der Waals surface area contributed by atoms with E-state index in [1.807, 2.05) is 35.2 Å². The number of H-pyrrole nitrogens is 1. The van der Waals surface area contributed by atoms with Gasteiger partial charge < -0.3 is 9.64 Å². The van der Waals surface area contributed by atoms with Gasteiger partial charge in [0.15, 0.2) is 5.82 Å². The highest BCUT2D eigenvalue weighted by Crippen LogP contribution is 2.55. The number of amides is 1. The molecule has 3 aromatic carbocycles. The molecule has 240 valence electrons. The van der Waals surface area contributed by atoms with E-state index >= 15 is 0 Å². The van der Waals surface area contributed by atoms with Crippen molar-refractivity contribution in [3.05, 3.63) is 106 Å². The molecule has 1 aliphatic heterocycles. The highest BCUT2D eigenvalue weighted by Gasteiger charge is 2.60. The zero-order valence-electron chi connectivity index (χ0n) is 24.5. The van der Waals surface area contributed by atoms with E-state index in [2.05, 4.69) is 25.3 Å². The third kappa shape index (κ3) is 6.11. The summed E-state index contributed by atoms with van der Waals surface area (Å²) < 4.78 is 50.3. The molecule has 2 heterocycles. The number of sulfonamides is 1. The van der Waals surface area contributed by atoms with Gasteiger partial charge >= 0.3 is 0 Å². The third-order valence-corrected chi connectivity index (χ3v) is 11.9. The number of nitrogens with zero attached hydrogens (tertiary/aromatic N) is 4. The molecule has 10 nitrogen and oxygen atoms in total. The van der Waals surface area contributed by atoms with Gasteiger partial charge in [0.1, 0.15) is 18.0 Å². The molecule has 1 aromatic heterocycles. The van der Waals surface area contributed by atoms with E-state index in [4.69, 9.17) is 27.9 Å². The Morgan fingerprint density at radius 1 is 1.02 bits per heavy atom. The summed E-state index contributed by atoms with van der Waals surface area (Å²) in [4.78, 5) is 16.5. The summed E-state index contributed by atoms with van der Waals surface area (Å²) >= 11 is 12.7. The number of aromatic nitrogens is 4. The van der Waals surface area contributed by atoms with Gasteiger partial charge in [-0.2, -0.15) is 5.21 Å². The van der Waals surface area contributed by atoms with Crippen LogP contribution in [0.2, 0.25) is 10.0 Å². The molecule has 2 saturated carbocycles. The first-order valence-corrected chi connectivity index (χ1v) is 17.4. The average molecular weight is 686 g/mol. The average Bonchev–Trinajstić information content (AvgIpc) is 3.97. The Kier molecular flexibility index (Phi) is 8.25. The first-order chi connectivity index (χ1) is 22.1. The molecule has 3 aliphatic rings. The molecule has 2 N–H and O–H groups in total. The molecular formula is C32H31Cl2FN6O4S. The monoisotopic (exact) mass is 684 g/mol. The van der Waals surface area contributed by atoms with Crippen molar-refractivity contribution >= 4 is 44.8 Å². The maximum Gasteiger partial charge on any atom is 0.253 e. The summed E-state index contributed by atoms with van der Waals surface area (Å²) in [5, 5.41) is 15.2. The summed E-state index contributed by atoms with van der Waals surface area (Å²) in [5.41, 5.74) is 1.44. The highest BCUT2D eigenvalue weighted by molar-refractivity contribution is 7.94. The van der Waals surface area contributed by atoms with Gasteiger partial charge in [0, 0.05) is 22.5 Å². The lowest BCUT2D eigenvalue weighted by Crippen LogP contribution is -2.57. The zero-order valence-corrected chi connectivity index (χ0v) is 26.8. The van der Waals surface area contributed by atoms with Crippen LogP contribution < -0.4 is 4.72 Å². The Hall–Kier alpha value is -3.58. The number of anilines is 1. The molecule has 3 fully saturated rings. The number of nitrogens with one attached hydrogen (secondary N) is 2. The lowest BCUT2D eigenvalue weighted by atomic mass is 9.88. The number of halogens is 3. The molecular weight excluding hydrogens is 654 g/mol. The fourth-order valence-corrected chi connectivity index (χ4v) is 8.54. The van der Waals surface area contributed by atoms with Crippen molar-refractivity contribution in [2.75, 3.05) is 4.72 Å². The number of morpholine rings is 1. The van der Waals surface area contributed by atoms with Gasteiger partial charge in [-0.1, -0.05) is 64.8 Å². The van der Waals surface area contributed by atoms with Crippen LogP contribution in [0.25, 0.3) is 0 Å². The summed E-state index contributed by atoms with van der Waals surface area (Å²) in [6.45, 7) is 0. The number of benzene rings is 3. The van der Waals surface area contributed by atoms with Crippen LogP contribution in [0.4, 0.5) is 10.1 Å². The Balaban J connectivity index is 1.31. The van der Waals surface area contributed by atoms with Gasteiger partial charge in [0.25, 0.3) is 5.91 Å². The van der Waals surface area contributed by atoms with Crippen molar-refractivity contribution in [1.29, 1.82) is 0 Å². The molecule has 0 bridgehead atoms. The maximum absolute atomic E-state index is 14.7. The summed E-state index contributed by atoms with van der Waals surface area (Å²) in [7, 11) is -4.02. The first-order valence-electron chi connectivity index (χ1n) is 15.1. The second-order valence-corrected chi connectivity index (χ2v) is 15.2. The third-order valence-electron chi connectivity index (χ3n) is 9.17. The van der Waals surface area contributed by atoms with Crippen LogP contribution >= 0.6 is 23.2 Å². The molecule has 1 amide bonds. The predicted octanol–water partition coefficient (Wildman–Crippen LogP) is 6.04. The summed E-state index contributed by atoms with van der Waals surface area (Å²) in [6.07, 6.45) is 1.09. The Bertz CT molecular complexity index is 1840. The lowest BCUT2D eigenvalue weighted by Gasteiger charge is -2.49. The predicted molar refractivity (Wildman–Crippen MR) is 170 cm³/mol.